The lowest BCUT2D eigenvalue weighted by molar-refractivity contribution is 0.381. The fraction of sp³-hybridized carbons (Fsp3) is 0.917. The van der Waals surface area contributed by atoms with Crippen molar-refractivity contribution in [3.8, 4) is 0 Å². The van der Waals surface area contributed by atoms with Crippen LogP contribution in [0.4, 0.5) is 0 Å². The minimum atomic E-state index is 0.671. The molecule has 15 heavy (non-hydrogen) atoms. The Morgan fingerprint density at radius 2 is 2.00 bits per heavy atom. The van der Waals surface area contributed by atoms with Crippen LogP contribution in [0.25, 0.3) is 0 Å². The topological polar surface area (TPSA) is 15.3 Å². The van der Waals surface area contributed by atoms with Crippen LogP contribution in [0.3, 0.4) is 0 Å². The second-order valence-electron chi connectivity index (χ2n) is 5.41. The average Bonchev–Trinajstić information content (AvgIpc) is 3.00. The molecular formula is C12H22N2S. The van der Waals surface area contributed by atoms with E-state index >= 15 is 0 Å². The lowest BCUT2D eigenvalue weighted by atomic mass is 10.2. The van der Waals surface area contributed by atoms with E-state index in [1.807, 2.05) is 0 Å². The van der Waals surface area contributed by atoms with Crippen LogP contribution in [0.15, 0.2) is 0 Å². The SMILES string of the molecule is CC(C)CNC(=S)N(CC1CC1)C1CC1. The second kappa shape index (κ2) is 4.69. The maximum atomic E-state index is 5.47. The van der Waals surface area contributed by atoms with Crippen molar-refractivity contribution in [2.24, 2.45) is 11.8 Å². The number of nitrogens with one attached hydrogen (secondary N) is 1. The summed E-state index contributed by atoms with van der Waals surface area (Å²) in [6, 6.07) is 0.762. The van der Waals surface area contributed by atoms with E-state index in [0.717, 1.165) is 23.6 Å². The van der Waals surface area contributed by atoms with Gasteiger partial charge >= 0.3 is 0 Å². The Kier molecular flexibility index (Phi) is 3.49. The highest BCUT2D eigenvalue weighted by Gasteiger charge is 2.34. The number of hydrogen-bond donors (Lipinski definition) is 1. The highest BCUT2D eigenvalue weighted by molar-refractivity contribution is 7.80. The number of hydrogen-bond acceptors (Lipinski definition) is 1. The summed E-state index contributed by atoms with van der Waals surface area (Å²) in [6.45, 7) is 6.65. The van der Waals surface area contributed by atoms with Gasteiger partial charge in [0.1, 0.15) is 0 Å². The molecule has 0 heterocycles. The molecule has 0 aliphatic heterocycles. The summed E-state index contributed by atoms with van der Waals surface area (Å²) in [5.74, 6) is 1.61. The first-order chi connectivity index (χ1) is 7.16. The van der Waals surface area contributed by atoms with Gasteiger partial charge in [-0.15, -0.1) is 0 Å². The van der Waals surface area contributed by atoms with Gasteiger partial charge in [0.15, 0.2) is 5.11 Å². The van der Waals surface area contributed by atoms with E-state index in [1.165, 1.54) is 32.2 Å². The molecule has 2 rings (SSSR count). The Bertz CT molecular complexity index is 232. The molecule has 1 N–H and O–H groups in total. The Balaban J connectivity index is 1.77. The molecule has 0 aromatic carbocycles. The van der Waals surface area contributed by atoms with Crippen LogP contribution in [0, 0.1) is 11.8 Å². The predicted molar refractivity (Wildman–Crippen MR) is 67.9 cm³/mol. The fourth-order valence-corrected chi connectivity index (χ4v) is 2.06. The highest BCUT2D eigenvalue weighted by atomic mass is 32.1. The molecule has 2 aliphatic rings. The summed E-state index contributed by atoms with van der Waals surface area (Å²) in [5.41, 5.74) is 0. The Labute approximate surface area is 98.4 Å². The van der Waals surface area contributed by atoms with Crippen molar-refractivity contribution < 1.29 is 0 Å². The standard InChI is InChI=1S/C12H22N2S/c1-9(2)7-13-12(15)14(11-5-6-11)8-10-3-4-10/h9-11H,3-8H2,1-2H3,(H,13,15). The summed E-state index contributed by atoms with van der Waals surface area (Å²) in [4.78, 5) is 2.44. The maximum absolute atomic E-state index is 5.47. The molecule has 86 valence electrons. The molecule has 0 atom stereocenters. The number of nitrogens with zero attached hydrogens (tertiary/aromatic N) is 1. The monoisotopic (exact) mass is 226 g/mol. The van der Waals surface area contributed by atoms with Crippen LogP contribution < -0.4 is 5.32 Å². The van der Waals surface area contributed by atoms with Crippen molar-refractivity contribution in [1.82, 2.24) is 10.2 Å². The van der Waals surface area contributed by atoms with E-state index < -0.39 is 0 Å². The summed E-state index contributed by atoms with van der Waals surface area (Å²) in [5, 5.41) is 4.39. The van der Waals surface area contributed by atoms with Gasteiger partial charge in [-0.05, 0) is 49.7 Å². The highest BCUT2D eigenvalue weighted by Crippen LogP contribution is 2.34. The molecule has 0 unspecified atom stereocenters. The van der Waals surface area contributed by atoms with Crippen molar-refractivity contribution in [2.45, 2.75) is 45.6 Å². The second-order valence-corrected chi connectivity index (χ2v) is 5.79. The molecule has 2 saturated carbocycles. The van der Waals surface area contributed by atoms with E-state index in [1.54, 1.807) is 0 Å². The van der Waals surface area contributed by atoms with Gasteiger partial charge in [0.2, 0.25) is 0 Å². The maximum Gasteiger partial charge on any atom is 0.169 e. The average molecular weight is 226 g/mol. The first-order valence-electron chi connectivity index (χ1n) is 6.21. The van der Waals surface area contributed by atoms with Gasteiger partial charge in [-0.25, -0.2) is 0 Å². The lowest BCUT2D eigenvalue weighted by Gasteiger charge is -2.26. The zero-order chi connectivity index (χ0) is 10.8. The van der Waals surface area contributed by atoms with Crippen molar-refractivity contribution in [1.29, 1.82) is 0 Å². The van der Waals surface area contributed by atoms with Crippen LogP contribution >= 0.6 is 12.2 Å². The van der Waals surface area contributed by atoms with Crippen LogP contribution in [0.2, 0.25) is 0 Å². The van der Waals surface area contributed by atoms with E-state index in [2.05, 4.69) is 24.1 Å². The van der Waals surface area contributed by atoms with Gasteiger partial charge in [0.05, 0.1) is 0 Å². The molecule has 0 radical (unpaired) electrons. The third-order valence-corrected chi connectivity index (χ3v) is 3.44. The van der Waals surface area contributed by atoms with Crippen molar-refractivity contribution in [2.75, 3.05) is 13.1 Å². The molecule has 3 heteroatoms. The first kappa shape index (κ1) is 11.2. The third kappa shape index (κ3) is 3.63. The lowest BCUT2D eigenvalue weighted by Crippen LogP contribution is -2.43. The molecule has 0 amide bonds. The third-order valence-electron chi connectivity index (χ3n) is 3.06. The molecule has 0 aromatic rings. The van der Waals surface area contributed by atoms with E-state index in [4.69, 9.17) is 12.2 Å². The molecule has 2 fully saturated rings. The van der Waals surface area contributed by atoms with E-state index in [-0.39, 0.29) is 0 Å². The summed E-state index contributed by atoms with van der Waals surface area (Å²) < 4.78 is 0. The van der Waals surface area contributed by atoms with Crippen LogP contribution in [0.5, 0.6) is 0 Å². The van der Waals surface area contributed by atoms with Gasteiger partial charge < -0.3 is 10.2 Å². The van der Waals surface area contributed by atoms with Crippen molar-refractivity contribution in [3.05, 3.63) is 0 Å². The molecular weight excluding hydrogens is 204 g/mol. The van der Waals surface area contributed by atoms with Gasteiger partial charge in [-0.1, -0.05) is 13.8 Å². The van der Waals surface area contributed by atoms with Crippen LogP contribution in [-0.2, 0) is 0 Å². The molecule has 0 aromatic heterocycles. The van der Waals surface area contributed by atoms with Gasteiger partial charge in [-0.2, -0.15) is 0 Å². The van der Waals surface area contributed by atoms with Crippen molar-refractivity contribution in [3.63, 3.8) is 0 Å². The smallest absolute Gasteiger partial charge is 0.169 e. The number of rotatable bonds is 5. The summed E-state index contributed by atoms with van der Waals surface area (Å²) >= 11 is 5.47. The van der Waals surface area contributed by atoms with E-state index in [9.17, 15) is 0 Å². The molecule has 2 aliphatic carbocycles. The molecule has 0 saturated heterocycles. The summed E-state index contributed by atoms with van der Waals surface area (Å²) in [6.07, 6.45) is 5.51. The minimum absolute atomic E-state index is 0.671. The normalized spacial score (nSPS) is 20.5. The number of thiocarbonyl (C=S) groups is 1. The van der Waals surface area contributed by atoms with Gasteiger partial charge in [0, 0.05) is 19.1 Å². The minimum Gasteiger partial charge on any atom is -0.362 e. The quantitative estimate of drug-likeness (QED) is 0.725. The van der Waals surface area contributed by atoms with Crippen LogP contribution in [0.1, 0.15) is 39.5 Å². The zero-order valence-electron chi connectivity index (χ0n) is 9.83. The Morgan fingerprint density at radius 1 is 1.33 bits per heavy atom. The summed E-state index contributed by atoms with van der Waals surface area (Å²) in [7, 11) is 0. The van der Waals surface area contributed by atoms with Crippen molar-refractivity contribution >= 4 is 17.3 Å². The zero-order valence-corrected chi connectivity index (χ0v) is 10.6. The van der Waals surface area contributed by atoms with Gasteiger partial charge in [-0.3, -0.25) is 0 Å². The predicted octanol–water partition coefficient (Wildman–Crippen LogP) is 2.39. The molecule has 0 bridgehead atoms. The Morgan fingerprint density at radius 3 is 2.47 bits per heavy atom. The Hall–Kier alpha value is -0.310. The van der Waals surface area contributed by atoms with E-state index in [0.29, 0.717) is 5.92 Å². The van der Waals surface area contributed by atoms with Crippen LogP contribution in [-0.4, -0.2) is 29.1 Å². The van der Waals surface area contributed by atoms with Gasteiger partial charge in [0.25, 0.3) is 0 Å². The molecule has 2 nitrogen and oxygen atoms in total. The first-order valence-corrected chi connectivity index (χ1v) is 6.62. The molecule has 0 spiro atoms. The fourth-order valence-electron chi connectivity index (χ4n) is 1.76. The largest absolute Gasteiger partial charge is 0.362 e.